The molecule has 10 heteroatoms. The summed E-state index contributed by atoms with van der Waals surface area (Å²) in [5, 5.41) is 4.39. The van der Waals surface area contributed by atoms with E-state index in [-0.39, 0.29) is 0 Å². The van der Waals surface area contributed by atoms with Crippen LogP contribution in [0.2, 0.25) is 0 Å². The van der Waals surface area contributed by atoms with Gasteiger partial charge >= 0.3 is 0 Å². The van der Waals surface area contributed by atoms with Crippen molar-refractivity contribution in [2.24, 2.45) is 0 Å². The molecule has 0 radical (unpaired) electrons. The molecule has 0 unspecified atom stereocenters. The van der Waals surface area contributed by atoms with Crippen LogP contribution in [0.25, 0.3) is 5.78 Å². The minimum absolute atomic E-state index is 0.650. The van der Waals surface area contributed by atoms with Gasteiger partial charge in [-0.3, -0.25) is 0 Å². The molecular weight excluding hydrogens is 370 g/mol. The topological polar surface area (TPSA) is 87.8 Å². The molecule has 3 aromatic heterocycles. The molecule has 3 aromatic rings. The first-order valence-corrected chi connectivity index (χ1v) is 10.0. The zero-order chi connectivity index (χ0) is 19.8. The van der Waals surface area contributed by atoms with Crippen LogP contribution in [0.5, 0.6) is 0 Å². The minimum atomic E-state index is 0.650. The van der Waals surface area contributed by atoms with Gasteiger partial charge < -0.3 is 19.4 Å². The Morgan fingerprint density at radius 3 is 2.41 bits per heavy atom. The van der Waals surface area contributed by atoms with Gasteiger partial charge in [-0.2, -0.15) is 19.6 Å². The largest absolute Gasteiger partial charge is 0.378 e. The van der Waals surface area contributed by atoms with E-state index >= 15 is 0 Å². The molecule has 2 saturated heterocycles. The van der Waals surface area contributed by atoms with Crippen LogP contribution in [0.1, 0.15) is 11.3 Å². The lowest BCUT2D eigenvalue weighted by atomic mass is 10.2. The highest BCUT2D eigenvalue weighted by atomic mass is 16.5. The summed E-state index contributed by atoms with van der Waals surface area (Å²) < 4.78 is 7.28. The molecule has 0 aromatic carbocycles. The first kappa shape index (κ1) is 18.0. The molecule has 0 N–H and O–H groups in total. The fourth-order valence-electron chi connectivity index (χ4n) is 3.97. The number of anilines is 3. The van der Waals surface area contributed by atoms with Gasteiger partial charge in [0.2, 0.25) is 5.95 Å². The highest BCUT2D eigenvalue weighted by Crippen LogP contribution is 2.25. The lowest BCUT2D eigenvalue weighted by Crippen LogP contribution is -2.48. The second kappa shape index (κ2) is 7.43. The van der Waals surface area contributed by atoms with Crippen molar-refractivity contribution in [2.45, 2.75) is 13.8 Å². The normalized spacial score (nSPS) is 17.9. The summed E-state index contributed by atoms with van der Waals surface area (Å²) in [5.41, 5.74) is 2.14. The number of rotatable bonds is 3. The van der Waals surface area contributed by atoms with Crippen molar-refractivity contribution >= 4 is 23.4 Å². The summed E-state index contributed by atoms with van der Waals surface area (Å²) in [6.07, 6.45) is 3.42. The first-order chi connectivity index (χ1) is 14.2. The Kier molecular flexibility index (Phi) is 4.62. The Balaban J connectivity index is 1.34. The molecule has 152 valence electrons. The van der Waals surface area contributed by atoms with Crippen molar-refractivity contribution in [3.8, 4) is 0 Å². The van der Waals surface area contributed by atoms with E-state index in [0.717, 1.165) is 81.3 Å². The average molecular weight is 395 g/mol. The standard InChI is InChI=1S/C19H25N9O/c1-14-15(2)23-19-21-13-22-28(19)17(14)26-7-5-25(6-8-26)16-3-4-20-18(24-16)27-9-11-29-12-10-27/h3-4,13H,5-12H2,1-2H3. The van der Waals surface area contributed by atoms with E-state index < -0.39 is 0 Å². The molecule has 2 aliphatic heterocycles. The SMILES string of the molecule is Cc1nc2ncnn2c(N2CCN(c3ccnc(N4CCOCC4)n3)CC2)c1C. The zero-order valence-corrected chi connectivity index (χ0v) is 16.8. The minimum Gasteiger partial charge on any atom is -0.378 e. The fourth-order valence-corrected chi connectivity index (χ4v) is 3.97. The quantitative estimate of drug-likeness (QED) is 0.636. The number of hydrogen-bond acceptors (Lipinski definition) is 9. The summed E-state index contributed by atoms with van der Waals surface area (Å²) >= 11 is 0. The monoisotopic (exact) mass is 395 g/mol. The van der Waals surface area contributed by atoms with E-state index in [4.69, 9.17) is 9.72 Å². The molecule has 0 spiro atoms. The molecule has 0 saturated carbocycles. The molecular formula is C19H25N9O. The van der Waals surface area contributed by atoms with Crippen LogP contribution in [0.15, 0.2) is 18.6 Å². The van der Waals surface area contributed by atoms with Crippen molar-refractivity contribution in [1.29, 1.82) is 0 Å². The molecule has 29 heavy (non-hydrogen) atoms. The molecule has 2 fully saturated rings. The zero-order valence-electron chi connectivity index (χ0n) is 16.8. The number of fused-ring (bicyclic) bond motifs is 1. The molecule has 5 rings (SSSR count). The van der Waals surface area contributed by atoms with E-state index in [1.807, 2.05) is 23.7 Å². The Bertz CT molecular complexity index is 1010. The van der Waals surface area contributed by atoms with Gasteiger partial charge in [0.05, 0.1) is 13.2 Å². The third-order valence-electron chi connectivity index (χ3n) is 5.70. The van der Waals surface area contributed by atoms with Gasteiger partial charge in [-0.25, -0.2) is 9.97 Å². The van der Waals surface area contributed by atoms with E-state index in [2.05, 4.69) is 41.7 Å². The number of hydrogen-bond donors (Lipinski definition) is 0. The predicted molar refractivity (Wildman–Crippen MR) is 110 cm³/mol. The summed E-state index contributed by atoms with van der Waals surface area (Å²) in [5.74, 6) is 3.51. The van der Waals surface area contributed by atoms with Crippen molar-refractivity contribution in [3.05, 3.63) is 29.8 Å². The van der Waals surface area contributed by atoms with Crippen LogP contribution in [0, 0.1) is 13.8 Å². The Labute approximate surface area is 169 Å². The van der Waals surface area contributed by atoms with Crippen LogP contribution in [-0.4, -0.2) is 82.0 Å². The third-order valence-corrected chi connectivity index (χ3v) is 5.70. The second-order valence-corrected chi connectivity index (χ2v) is 7.41. The summed E-state index contributed by atoms with van der Waals surface area (Å²) in [4.78, 5) is 25.0. The predicted octanol–water partition coefficient (Wildman–Crippen LogP) is 0.694. The maximum absolute atomic E-state index is 5.44. The van der Waals surface area contributed by atoms with Crippen LogP contribution in [0.4, 0.5) is 17.6 Å². The van der Waals surface area contributed by atoms with E-state index in [1.54, 1.807) is 6.33 Å². The Morgan fingerprint density at radius 2 is 1.62 bits per heavy atom. The van der Waals surface area contributed by atoms with Crippen molar-refractivity contribution in [3.63, 3.8) is 0 Å². The van der Waals surface area contributed by atoms with Gasteiger partial charge in [-0.1, -0.05) is 0 Å². The maximum Gasteiger partial charge on any atom is 0.254 e. The average Bonchev–Trinajstić information content (AvgIpc) is 3.23. The van der Waals surface area contributed by atoms with Gasteiger partial charge in [0.15, 0.2) is 0 Å². The van der Waals surface area contributed by atoms with Crippen molar-refractivity contribution in [1.82, 2.24) is 29.5 Å². The van der Waals surface area contributed by atoms with Gasteiger partial charge in [-0.15, -0.1) is 0 Å². The Morgan fingerprint density at radius 1 is 0.862 bits per heavy atom. The molecule has 5 heterocycles. The third kappa shape index (κ3) is 3.33. The molecule has 0 amide bonds. The summed E-state index contributed by atoms with van der Waals surface area (Å²) in [6, 6.07) is 2.00. The molecule has 2 aliphatic rings. The van der Waals surface area contributed by atoms with Crippen LogP contribution >= 0.6 is 0 Å². The number of morpholine rings is 1. The highest BCUT2D eigenvalue weighted by molar-refractivity contribution is 5.55. The number of aromatic nitrogens is 6. The smallest absolute Gasteiger partial charge is 0.254 e. The van der Waals surface area contributed by atoms with Gasteiger partial charge in [0.25, 0.3) is 5.78 Å². The summed E-state index contributed by atoms with van der Waals surface area (Å²) in [6.45, 7) is 10.8. The molecule has 0 bridgehead atoms. The van der Waals surface area contributed by atoms with E-state index in [0.29, 0.717) is 5.78 Å². The van der Waals surface area contributed by atoms with Crippen LogP contribution < -0.4 is 14.7 Å². The van der Waals surface area contributed by atoms with Crippen LogP contribution in [0.3, 0.4) is 0 Å². The second-order valence-electron chi connectivity index (χ2n) is 7.41. The molecule has 0 atom stereocenters. The molecule has 10 nitrogen and oxygen atoms in total. The lowest BCUT2D eigenvalue weighted by Gasteiger charge is -2.37. The number of nitrogens with zero attached hydrogens (tertiary/aromatic N) is 9. The first-order valence-electron chi connectivity index (χ1n) is 10.0. The maximum atomic E-state index is 5.44. The number of piperazine rings is 1. The highest BCUT2D eigenvalue weighted by Gasteiger charge is 2.24. The lowest BCUT2D eigenvalue weighted by molar-refractivity contribution is 0.122. The molecule has 0 aliphatic carbocycles. The van der Waals surface area contributed by atoms with Gasteiger partial charge in [-0.05, 0) is 19.9 Å². The van der Waals surface area contributed by atoms with E-state index in [1.165, 1.54) is 0 Å². The van der Waals surface area contributed by atoms with Gasteiger partial charge in [0.1, 0.15) is 18.0 Å². The van der Waals surface area contributed by atoms with E-state index in [9.17, 15) is 0 Å². The number of ether oxygens (including phenoxy) is 1. The van der Waals surface area contributed by atoms with Crippen molar-refractivity contribution in [2.75, 3.05) is 67.2 Å². The number of aryl methyl sites for hydroxylation is 1. The fraction of sp³-hybridized carbons (Fsp3) is 0.526. The Hall–Kier alpha value is -3.01. The van der Waals surface area contributed by atoms with Crippen LogP contribution in [-0.2, 0) is 4.74 Å². The van der Waals surface area contributed by atoms with Gasteiger partial charge in [0, 0.05) is 56.7 Å². The summed E-state index contributed by atoms with van der Waals surface area (Å²) in [7, 11) is 0. The van der Waals surface area contributed by atoms with Crippen molar-refractivity contribution < 1.29 is 4.74 Å².